The fourth-order valence-electron chi connectivity index (χ4n) is 3.18. The highest BCUT2D eigenvalue weighted by Gasteiger charge is 2.26. The molecule has 8 nitrogen and oxygen atoms in total. The van der Waals surface area contributed by atoms with Gasteiger partial charge in [-0.2, -0.15) is 4.31 Å². The minimum Gasteiger partial charge on any atom is -0.481 e. The molecule has 4 rings (SSSR count). The van der Waals surface area contributed by atoms with E-state index in [1.165, 1.54) is 39.9 Å². The van der Waals surface area contributed by atoms with Gasteiger partial charge >= 0.3 is 0 Å². The molecule has 2 aromatic carbocycles. The van der Waals surface area contributed by atoms with Crippen LogP contribution in [0.3, 0.4) is 0 Å². The van der Waals surface area contributed by atoms with E-state index >= 15 is 0 Å². The summed E-state index contributed by atoms with van der Waals surface area (Å²) < 4.78 is 50.7. The molecule has 174 valence electrons. The molecular weight excluding hydrogens is 469 g/mol. The van der Waals surface area contributed by atoms with Gasteiger partial charge in [0.25, 0.3) is 5.91 Å². The minimum absolute atomic E-state index is 0.212. The van der Waals surface area contributed by atoms with Crippen LogP contribution in [0.1, 0.15) is 6.92 Å². The molecule has 0 radical (unpaired) electrons. The fourth-order valence-corrected chi connectivity index (χ4v) is 5.31. The number of ether oxygens (including phenoxy) is 2. The van der Waals surface area contributed by atoms with Crippen LogP contribution >= 0.6 is 11.3 Å². The number of anilines is 1. The normalized spacial score (nSPS) is 15.7. The van der Waals surface area contributed by atoms with Crippen LogP contribution in [0, 0.1) is 5.82 Å². The van der Waals surface area contributed by atoms with Crippen molar-refractivity contribution < 1.29 is 27.1 Å². The highest BCUT2D eigenvalue weighted by atomic mass is 32.2. The first-order chi connectivity index (χ1) is 15.8. The molecule has 3 aromatic rings. The summed E-state index contributed by atoms with van der Waals surface area (Å²) in [6.07, 6.45) is -0.813. The molecule has 33 heavy (non-hydrogen) atoms. The predicted molar refractivity (Wildman–Crippen MR) is 122 cm³/mol. The molecule has 1 aliphatic rings. The number of rotatable bonds is 7. The molecule has 1 aromatic heterocycles. The van der Waals surface area contributed by atoms with E-state index in [1.54, 1.807) is 36.6 Å². The van der Waals surface area contributed by atoms with Crippen LogP contribution < -0.4 is 10.1 Å². The molecule has 1 aliphatic heterocycles. The van der Waals surface area contributed by atoms with Crippen molar-refractivity contribution in [2.45, 2.75) is 17.9 Å². The quantitative estimate of drug-likeness (QED) is 0.544. The first-order valence-corrected chi connectivity index (χ1v) is 12.5. The topological polar surface area (TPSA) is 97.8 Å². The molecule has 1 saturated heterocycles. The number of hydrogen-bond acceptors (Lipinski definition) is 7. The van der Waals surface area contributed by atoms with E-state index in [-0.39, 0.29) is 10.7 Å². The maximum atomic E-state index is 13.0. The minimum atomic E-state index is -3.57. The number of amides is 1. The molecule has 0 bridgehead atoms. The highest BCUT2D eigenvalue weighted by molar-refractivity contribution is 7.89. The van der Waals surface area contributed by atoms with Crippen LogP contribution in [0.15, 0.2) is 58.8 Å². The van der Waals surface area contributed by atoms with Crippen LogP contribution in [-0.4, -0.2) is 56.0 Å². The Morgan fingerprint density at radius 3 is 2.48 bits per heavy atom. The maximum Gasteiger partial charge on any atom is 0.266 e. The van der Waals surface area contributed by atoms with Crippen molar-refractivity contribution in [2.75, 3.05) is 31.6 Å². The average molecular weight is 492 g/mol. The van der Waals surface area contributed by atoms with E-state index in [9.17, 15) is 17.6 Å². The molecule has 1 amide bonds. The van der Waals surface area contributed by atoms with E-state index in [1.807, 2.05) is 0 Å². The highest BCUT2D eigenvalue weighted by Crippen LogP contribution is 2.27. The van der Waals surface area contributed by atoms with E-state index in [4.69, 9.17) is 9.47 Å². The summed E-state index contributed by atoms with van der Waals surface area (Å²) >= 11 is 1.24. The number of sulfonamides is 1. The Bertz CT molecular complexity index is 1210. The number of carbonyl (C=O) groups is 1. The van der Waals surface area contributed by atoms with Gasteiger partial charge in [-0.25, -0.2) is 17.8 Å². The van der Waals surface area contributed by atoms with Crippen molar-refractivity contribution in [3.05, 3.63) is 59.7 Å². The van der Waals surface area contributed by atoms with Crippen molar-refractivity contribution >= 4 is 32.4 Å². The number of morpholine rings is 1. The summed E-state index contributed by atoms with van der Waals surface area (Å²) in [6, 6.07) is 11.9. The van der Waals surface area contributed by atoms with Crippen molar-refractivity contribution in [3.63, 3.8) is 0 Å². The predicted octanol–water partition coefficient (Wildman–Crippen LogP) is 3.38. The van der Waals surface area contributed by atoms with Gasteiger partial charge in [-0.1, -0.05) is 12.1 Å². The number of halogens is 1. The Kier molecular flexibility index (Phi) is 7.03. The lowest BCUT2D eigenvalue weighted by atomic mass is 10.2. The third-order valence-electron chi connectivity index (χ3n) is 4.99. The largest absolute Gasteiger partial charge is 0.481 e. The van der Waals surface area contributed by atoms with Crippen molar-refractivity contribution in [1.82, 2.24) is 9.29 Å². The zero-order chi connectivity index (χ0) is 23.4. The number of aromatic nitrogens is 1. The second kappa shape index (κ2) is 9.96. The number of carbonyl (C=O) groups excluding carboxylic acids is 1. The summed E-state index contributed by atoms with van der Waals surface area (Å²) in [7, 11) is -3.57. The molecular formula is C22H22FN3O5S2. The van der Waals surface area contributed by atoms with Crippen LogP contribution in [0.4, 0.5) is 9.52 Å². The van der Waals surface area contributed by atoms with Crippen LogP contribution in [0.25, 0.3) is 11.3 Å². The number of nitrogens with zero attached hydrogens (tertiary/aromatic N) is 2. The summed E-state index contributed by atoms with van der Waals surface area (Å²) in [4.78, 5) is 17.0. The third-order valence-corrected chi connectivity index (χ3v) is 7.66. The van der Waals surface area contributed by atoms with Gasteiger partial charge in [-0.05, 0) is 43.3 Å². The summed E-state index contributed by atoms with van der Waals surface area (Å²) in [5.41, 5.74) is 1.33. The number of thiazole rings is 1. The first-order valence-electron chi connectivity index (χ1n) is 10.2. The first kappa shape index (κ1) is 23.3. The molecule has 0 unspecified atom stereocenters. The van der Waals surface area contributed by atoms with Crippen LogP contribution in [0.5, 0.6) is 5.75 Å². The smallest absolute Gasteiger partial charge is 0.266 e. The Hall–Kier alpha value is -2.86. The maximum absolute atomic E-state index is 13.0. The zero-order valence-corrected chi connectivity index (χ0v) is 19.4. The Morgan fingerprint density at radius 2 is 1.82 bits per heavy atom. The van der Waals surface area contributed by atoms with Crippen molar-refractivity contribution in [2.24, 2.45) is 0 Å². The van der Waals surface area contributed by atoms with E-state index in [0.717, 1.165) is 5.56 Å². The molecule has 1 atom stereocenters. The number of benzene rings is 2. The van der Waals surface area contributed by atoms with Gasteiger partial charge in [0.2, 0.25) is 10.0 Å². The second-order valence-corrected chi connectivity index (χ2v) is 10.1. The Morgan fingerprint density at radius 1 is 1.15 bits per heavy atom. The van der Waals surface area contributed by atoms with E-state index in [0.29, 0.717) is 42.9 Å². The Balaban J connectivity index is 1.39. The lowest BCUT2D eigenvalue weighted by Gasteiger charge is -2.26. The second-order valence-electron chi connectivity index (χ2n) is 7.28. The third kappa shape index (κ3) is 5.56. The van der Waals surface area contributed by atoms with Crippen LogP contribution in [0.2, 0.25) is 0 Å². The van der Waals surface area contributed by atoms with Gasteiger partial charge in [0.1, 0.15) is 11.6 Å². The Labute approximate surface area is 195 Å². The molecule has 1 N–H and O–H groups in total. The van der Waals surface area contributed by atoms with E-state index < -0.39 is 22.0 Å². The molecule has 0 saturated carbocycles. The van der Waals surface area contributed by atoms with Gasteiger partial charge in [0.05, 0.1) is 23.8 Å². The monoisotopic (exact) mass is 491 g/mol. The van der Waals surface area contributed by atoms with Crippen molar-refractivity contribution in [3.8, 4) is 17.0 Å². The fraction of sp³-hybridized carbons (Fsp3) is 0.273. The lowest BCUT2D eigenvalue weighted by molar-refractivity contribution is -0.122. The van der Waals surface area contributed by atoms with Gasteiger partial charge in [0, 0.05) is 24.0 Å². The molecule has 1 fully saturated rings. The number of hydrogen-bond donors (Lipinski definition) is 1. The van der Waals surface area contributed by atoms with Gasteiger partial charge in [-0.3, -0.25) is 10.1 Å². The van der Waals surface area contributed by atoms with E-state index in [2.05, 4.69) is 10.3 Å². The molecule has 0 aliphatic carbocycles. The lowest BCUT2D eigenvalue weighted by Crippen LogP contribution is -2.40. The average Bonchev–Trinajstić information content (AvgIpc) is 3.29. The van der Waals surface area contributed by atoms with Gasteiger partial charge in [0.15, 0.2) is 11.2 Å². The number of nitrogens with one attached hydrogen (secondary N) is 1. The van der Waals surface area contributed by atoms with Gasteiger partial charge in [-0.15, -0.1) is 11.3 Å². The SMILES string of the molecule is C[C@H](Oc1ccc(F)cc1)C(=O)Nc1nc(-c2ccc(S(=O)(=O)N3CCOCC3)cc2)cs1. The standard InChI is InChI=1S/C22H22FN3O5S2/c1-15(31-18-6-4-17(23)5-7-18)21(27)25-22-24-20(14-32-22)16-2-8-19(9-3-16)33(28,29)26-10-12-30-13-11-26/h2-9,14-15H,10-13H2,1H3,(H,24,25,27)/t15-/m0/s1. The summed E-state index contributed by atoms with van der Waals surface area (Å²) in [6.45, 7) is 3.03. The summed E-state index contributed by atoms with van der Waals surface area (Å²) in [5.74, 6) is -0.403. The molecule has 0 spiro atoms. The molecule has 2 heterocycles. The summed E-state index contributed by atoms with van der Waals surface area (Å²) in [5, 5.41) is 4.85. The van der Waals surface area contributed by atoms with Gasteiger partial charge < -0.3 is 9.47 Å². The van der Waals surface area contributed by atoms with Crippen molar-refractivity contribution in [1.29, 1.82) is 0 Å². The molecule has 11 heteroatoms. The van der Waals surface area contributed by atoms with Crippen LogP contribution in [-0.2, 0) is 19.6 Å². The zero-order valence-electron chi connectivity index (χ0n) is 17.7.